The number of nitrogens with zero attached hydrogens (tertiary/aromatic N) is 1. The molecule has 2 rings (SSSR count). The molecule has 21 heavy (non-hydrogen) atoms. The van der Waals surface area contributed by atoms with Gasteiger partial charge in [0.1, 0.15) is 5.75 Å². The Morgan fingerprint density at radius 2 is 2.05 bits per heavy atom. The average Bonchev–Trinajstić information content (AvgIpc) is 2.51. The van der Waals surface area contributed by atoms with E-state index in [0.29, 0.717) is 5.92 Å². The third kappa shape index (κ3) is 5.35. The molecule has 1 aliphatic heterocycles. The molecule has 1 fully saturated rings. The molecule has 0 amide bonds. The standard InChI is InChI=1S/C19H31NO/c1-4-17(3)18-8-10-19(11-9-18)21-14-6-13-20-12-5-7-16(2)15-20/h8-11,16-17H,4-7,12-15H2,1-3H3/t16-,17+/m1/s1. The number of hydrogen-bond donors (Lipinski definition) is 0. The van der Waals surface area contributed by atoms with Gasteiger partial charge in [-0.2, -0.15) is 0 Å². The summed E-state index contributed by atoms with van der Waals surface area (Å²) in [4.78, 5) is 2.59. The van der Waals surface area contributed by atoms with E-state index in [2.05, 4.69) is 49.9 Å². The number of ether oxygens (including phenoxy) is 1. The van der Waals surface area contributed by atoms with Crippen LogP contribution in [0.2, 0.25) is 0 Å². The summed E-state index contributed by atoms with van der Waals surface area (Å²) in [5.74, 6) is 2.52. The van der Waals surface area contributed by atoms with Crippen LogP contribution in [-0.4, -0.2) is 31.1 Å². The maximum absolute atomic E-state index is 5.87. The predicted molar refractivity (Wildman–Crippen MR) is 90.1 cm³/mol. The minimum Gasteiger partial charge on any atom is -0.494 e. The number of hydrogen-bond acceptors (Lipinski definition) is 2. The van der Waals surface area contributed by atoms with Crippen molar-refractivity contribution >= 4 is 0 Å². The van der Waals surface area contributed by atoms with E-state index < -0.39 is 0 Å². The Morgan fingerprint density at radius 1 is 1.29 bits per heavy atom. The Morgan fingerprint density at radius 3 is 2.71 bits per heavy atom. The van der Waals surface area contributed by atoms with Crippen LogP contribution in [0.3, 0.4) is 0 Å². The van der Waals surface area contributed by atoms with E-state index in [1.165, 1.54) is 44.5 Å². The van der Waals surface area contributed by atoms with Gasteiger partial charge in [-0.15, -0.1) is 0 Å². The summed E-state index contributed by atoms with van der Waals surface area (Å²) < 4.78 is 5.87. The van der Waals surface area contributed by atoms with Gasteiger partial charge in [0, 0.05) is 13.1 Å². The number of likely N-dealkylation sites (tertiary alicyclic amines) is 1. The zero-order valence-electron chi connectivity index (χ0n) is 14.0. The third-order valence-corrected chi connectivity index (χ3v) is 4.69. The minimum atomic E-state index is 0.639. The van der Waals surface area contributed by atoms with Crippen LogP contribution < -0.4 is 4.74 Å². The first-order valence-corrected chi connectivity index (χ1v) is 8.64. The fourth-order valence-electron chi connectivity index (χ4n) is 3.10. The van der Waals surface area contributed by atoms with Gasteiger partial charge in [-0.3, -0.25) is 0 Å². The van der Waals surface area contributed by atoms with Gasteiger partial charge in [-0.1, -0.05) is 32.9 Å². The molecule has 0 aromatic heterocycles. The Kier molecular flexibility index (Phi) is 6.56. The first-order valence-electron chi connectivity index (χ1n) is 8.64. The van der Waals surface area contributed by atoms with Crippen LogP contribution in [0.5, 0.6) is 5.75 Å². The molecular weight excluding hydrogens is 258 g/mol. The van der Waals surface area contributed by atoms with E-state index in [9.17, 15) is 0 Å². The molecule has 0 unspecified atom stereocenters. The molecule has 1 saturated heterocycles. The Hall–Kier alpha value is -1.02. The van der Waals surface area contributed by atoms with Crippen molar-refractivity contribution in [2.45, 2.75) is 52.4 Å². The molecule has 1 heterocycles. The molecule has 0 radical (unpaired) electrons. The molecule has 0 aliphatic carbocycles. The van der Waals surface area contributed by atoms with Crippen molar-refractivity contribution in [3.8, 4) is 5.75 Å². The van der Waals surface area contributed by atoms with E-state index >= 15 is 0 Å². The maximum atomic E-state index is 5.87. The van der Waals surface area contributed by atoms with Gasteiger partial charge in [0.05, 0.1) is 6.61 Å². The fourth-order valence-corrected chi connectivity index (χ4v) is 3.10. The summed E-state index contributed by atoms with van der Waals surface area (Å²) in [5, 5.41) is 0. The maximum Gasteiger partial charge on any atom is 0.119 e. The number of piperidine rings is 1. The van der Waals surface area contributed by atoms with Crippen molar-refractivity contribution in [2.75, 3.05) is 26.2 Å². The molecule has 0 spiro atoms. The fraction of sp³-hybridized carbons (Fsp3) is 0.684. The molecule has 0 bridgehead atoms. The number of rotatable bonds is 7. The lowest BCUT2D eigenvalue weighted by molar-refractivity contribution is 0.170. The Bertz CT molecular complexity index is 401. The monoisotopic (exact) mass is 289 g/mol. The second kappa shape index (κ2) is 8.43. The second-order valence-corrected chi connectivity index (χ2v) is 6.63. The molecule has 1 aliphatic rings. The van der Waals surface area contributed by atoms with Gasteiger partial charge >= 0.3 is 0 Å². The van der Waals surface area contributed by atoms with Crippen molar-refractivity contribution < 1.29 is 4.74 Å². The molecule has 2 nitrogen and oxygen atoms in total. The molecule has 118 valence electrons. The molecule has 1 aromatic rings. The van der Waals surface area contributed by atoms with Crippen LogP contribution >= 0.6 is 0 Å². The largest absolute Gasteiger partial charge is 0.494 e. The van der Waals surface area contributed by atoms with Gasteiger partial charge in [0.25, 0.3) is 0 Å². The van der Waals surface area contributed by atoms with Crippen LogP contribution in [0.25, 0.3) is 0 Å². The molecule has 1 aromatic carbocycles. The molecule has 2 atom stereocenters. The highest BCUT2D eigenvalue weighted by Gasteiger charge is 2.15. The highest BCUT2D eigenvalue weighted by Crippen LogP contribution is 2.21. The third-order valence-electron chi connectivity index (χ3n) is 4.69. The van der Waals surface area contributed by atoms with Crippen molar-refractivity contribution in [3.05, 3.63) is 29.8 Å². The van der Waals surface area contributed by atoms with Gasteiger partial charge in [-0.05, 0) is 61.8 Å². The predicted octanol–water partition coefficient (Wildman–Crippen LogP) is 4.70. The SMILES string of the molecule is CC[C@H](C)c1ccc(OCCCN2CCC[C@@H](C)C2)cc1. The zero-order chi connectivity index (χ0) is 15.1. The van der Waals surface area contributed by atoms with Crippen LogP contribution in [-0.2, 0) is 0 Å². The normalized spacial score (nSPS) is 21.2. The summed E-state index contributed by atoms with van der Waals surface area (Å²) in [6.07, 6.45) is 5.07. The molecule has 2 heteroatoms. The van der Waals surface area contributed by atoms with E-state index in [1.54, 1.807) is 0 Å². The highest BCUT2D eigenvalue weighted by molar-refractivity contribution is 5.29. The molecular formula is C19H31NO. The first kappa shape index (κ1) is 16.4. The summed E-state index contributed by atoms with van der Waals surface area (Å²) in [7, 11) is 0. The highest BCUT2D eigenvalue weighted by atomic mass is 16.5. The lowest BCUT2D eigenvalue weighted by atomic mass is 9.99. The lowest BCUT2D eigenvalue weighted by Gasteiger charge is -2.30. The summed E-state index contributed by atoms with van der Waals surface area (Å²) in [6.45, 7) is 11.4. The van der Waals surface area contributed by atoms with E-state index in [-0.39, 0.29) is 0 Å². The van der Waals surface area contributed by atoms with Crippen molar-refractivity contribution in [2.24, 2.45) is 5.92 Å². The quantitative estimate of drug-likeness (QED) is 0.675. The van der Waals surface area contributed by atoms with E-state index in [1.807, 2.05) is 0 Å². The number of benzene rings is 1. The summed E-state index contributed by atoms with van der Waals surface area (Å²) in [5.41, 5.74) is 1.41. The van der Waals surface area contributed by atoms with Crippen LogP contribution in [0.1, 0.15) is 57.9 Å². The average molecular weight is 289 g/mol. The van der Waals surface area contributed by atoms with Crippen LogP contribution in [0.15, 0.2) is 24.3 Å². The zero-order valence-corrected chi connectivity index (χ0v) is 14.0. The van der Waals surface area contributed by atoms with Gasteiger partial charge in [0.15, 0.2) is 0 Å². The second-order valence-electron chi connectivity index (χ2n) is 6.63. The van der Waals surface area contributed by atoms with E-state index in [0.717, 1.165) is 24.7 Å². The Labute approximate surface area is 130 Å². The van der Waals surface area contributed by atoms with Gasteiger partial charge < -0.3 is 9.64 Å². The van der Waals surface area contributed by atoms with Gasteiger partial charge in [0.2, 0.25) is 0 Å². The van der Waals surface area contributed by atoms with Crippen molar-refractivity contribution in [1.82, 2.24) is 4.90 Å². The summed E-state index contributed by atoms with van der Waals surface area (Å²) >= 11 is 0. The van der Waals surface area contributed by atoms with E-state index in [4.69, 9.17) is 4.74 Å². The molecule has 0 N–H and O–H groups in total. The van der Waals surface area contributed by atoms with Crippen LogP contribution in [0.4, 0.5) is 0 Å². The Balaban J connectivity index is 1.66. The minimum absolute atomic E-state index is 0.639. The molecule has 0 saturated carbocycles. The van der Waals surface area contributed by atoms with Crippen molar-refractivity contribution in [1.29, 1.82) is 0 Å². The first-order chi connectivity index (χ1) is 10.2. The lowest BCUT2D eigenvalue weighted by Crippen LogP contribution is -2.35. The van der Waals surface area contributed by atoms with Gasteiger partial charge in [-0.25, -0.2) is 0 Å². The smallest absolute Gasteiger partial charge is 0.119 e. The summed E-state index contributed by atoms with van der Waals surface area (Å²) in [6, 6.07) is 8.64. The topological polar surface area (TPSA) is 12.5 Å². The van der Waals surface area contributed by atoms with Crippen LogP contribution in [0, 0.1) is 5.92 Å². The van der Waals surface area contributed by atoms with Crippen molar-refractivity contribution in [3.63, 3.8) is 0 Å².